The van der Waals surface area contributed by atoms with Gasteiger partial charge in [0.25, 0.3) is 0 Å². The Labute approximate surface area is 308 Å². The van der Waals surface area contributed by atoms with Crippen molar-refractivity contribution in [1.82, 2.24) is 4.90 Å². The zero-order chi connectivity index (χ0) is 35.7. The van der Waals surface area contributed by atoms with Crippen LogP contribution in [0.1, 0.15) is 213 Å². The molecule has 0 bridgehead atoms. The number of oxime groups is 1. The van der Waals surface area contributed by atoms with Gasteiger partial charge in [-0.3, -0.25) is 0 Å². The maximum absolute atomic E-state index is 6.12. The number of hydrogen-bond donors (Lipinski definition) is 0. The van der Waals surface area contributed by atoms with Crippen LogP contribution in [0.15, 0.2) is 53.8 Å². The van der Waals surface area contributed by atoms with Crippen molar-refractivity contribution in [3.8, 4) is 0 Å². The molecule has 0 radical (unpaired) electrons. The summed E-state index contributed by atoms with van der Waals surface area (Å²) in [6, 6.07) is 0.642. The molecule has 0 heterocycles. The first-order valence-electron chi connectivity index (χ1n) is 21.6. The van der Waals surface area contributed by atoms with Crippen molar-refractivity contribution in [3.05, 3.63) is 48.6 Å². The van der Waals surface area contributed by atoms with Gasteiger partial charge in [-0.25, -0.2) is 0 Å². The van der Waals surface area contributed by atoms with E-state index in [4.69, 9.17) is 4.84 Å². The predicted octanol–water partition coefficient (Wildman–Crippen LogP) is 15.3. The molecule has 0 rings (SSSR count). The van der Waals surface area contributed by atoms with Crippen LogP contribution in [0, 0.1) is 0 Å². The highest BCUT2D eigenvalue weighted by atomic mass is 16.6. The Balaban J connectivity index is 4.18. The molecule has 3 heteroatoms. The molecule has 0 aromatic carbocycles. The van der Waals surface area contributed by atoms with E-state index in [1.54, 1.807) is 0 Å². The fraction of sp³-hybridized carbons (Fsp3) is 0.804. The van der Waals surface area contributed by atoms with Crippen molar-refractivity contribution in [1.29, 1.82) is 0 Å². The summed E-state index contributed by atoms with van der Waals surface area (Å²) in [6.07, 6.45) is 59.3. The van der Waals surface area contributed by atoms with Gasteiger partial charge in [-0.15, -0.1) is 0 Å². The van der Waals surface area contributed by atoms with Crippen LogP contribution in [0.3, 0.4) is 0 Å². The highest BCUT2D eigenvalue weighted by Gasteiger charge is 2.11. The largest absolute Gasteiger partial charge is 0.393 e. The molecule has 0 aliphatic rings. The highest BCUT2D eigenvalue weighted by Crippen LogP contribution is 2.18. The molecule has 0 aromatic heterocycles. The zero-order valence-electron chi connectivity index (χ0n) is 33.9. The van der Waals surface area contributed by atoms with Crippen molar-refractivity contribution in [3.63, 3.8) is 0 Å². The van der Waals surface area contributed by atoms with E-state index in [9.17, 15) is 0 Å². The van der Waals surface area contributed by atoms with E-state index in [1.165, 1.54) is 154 Å². The van der Waals surface area contributed by atoms with Gasteiger partial charge in [-0.1, -0.05) is 158 Å². The molecular formula is C46H86N2O. The Morgan fingerprint density at radius 2 is 0.837 bits per heavy atom. The molecule has 3 nitrogen and oxygen atoms in total. The third-order valence-electron chi connectivity index (χ3n) is 9.72. The molecule has 0 amide bonds. The first-order chi connectivity index (χ1) is 24.2. The SMILES string of the molecule is CCCCCC=CCC=CCCCCCCCCC(CCCCCCCCC=CCC=CCCCCC)ON=CCCC(CCC)N(C)C. The van der Waals surface area contributed by atoms with Crippen molar-refractivity contribution >= 4 is 6.21 Å². The van der Waals surface area contributed by atoms with Crippen LogP contribution in [-0.2, 0) is 4.84 Å². The molecule has 0 N–H and O–H groups in total. The molecule has 0 aliphatic carbocycles. The number of allylic oxidation sites excluding steroid dienone is 8. The fourth-order valence-corrected chi connectivity index (χ4v) is 6.41. The molecule has 1 atom stereocenters. The average molecular weight is 683 g/mol. The molecule has 1 unspecified atom stereocenters. The number of nitrogens with zero attached hydrogens (tertiary/aromatic N) is 2. The Hall–Kier alpha value is -1.61. The third-order valence-corrected chi connectivity index (χ3v) is 9.72. The van der Waals surface area contributed by atoms with Crippen molar-refractivity contribution in [2.75, 3.05) is 14.1 Å². The zero-order valence-corrected chi connectivity index (χ0v) is 33.9. The highest BCUT2D eigenvalue weighted by molar-refractivity contribution is 5.56. The average Bonchev–Trinajstić information content (AvgIpc) is 3.10. The Bertz CT molecular complexity index is 732. The van der Waals surface area contributed by atoms with E-state index in [0.29, 0.717) is 6.04 Å². The molecule has 0 saturated heterocycles. The topological polar surface area (TPSA) is 24.8 Å². The van der Waals surface area contributed by atoms with Crippen LogP contribution in [0.5, 0.6) is 0 Å². The van der Waals surface area contributed by atoms with Crippen molar-refractivity contribution < 1.29 is 4.84 Å². The van der Waals surface area contributed by atoms with Gasteiger partial charge < -0.3 is 9.74 Å². The second-order valence-electron chi connectivity index (χ2n) is 14.7. The second kappa shape index (κ2) is 40.8. The van der Waals surface area contributed by atoms with Gasteiger partial charge in [0.15, 0.2) is 0 Å². The standard InChI is InChI=1S/C46H86N2O/c1-6-9-11-13-15-17-19-21-23-25-27-29-31-33-35-37-42-46(49-47-44-39-41-45(40-8-3)48(4)5)43-38-36-34-32-30-28-26-24-22-20-18-16-14-12-10-7-2/h15-18,21-24,44-46H,6-14,19-20,25-43H2,1-5H3. The Morgan fingerprint density at radius 1 is 0.429 bits per heavy atom. The molecule has 0 spiro atoms. The van der Waals surface area contributed by atoms with Gasteiger partial charge in [-0.05, 0) is 123 Å². The maximum atomic E-state index is 6.12. The van der Waals surface area contributed by atoms with E-state index in [-0.39, 0.29) is 6.10 Å². The van der Waals surface area contributed by atoms with Crippen molar-refractivity contribution in [2.45, 2.75) is 226 Å². The van der Waals surface area contributed by atoms with E-state index >= 15 is 0 Å². The van der Waals surface area contributed by atoms with E-state index in [2.05, 4.69) is 93.5 Å². The lowest BCUT2D eigenvalue weighted by atomic mass is 10.0. The summed E-state index contributed by atoms with van der Waals surface area (Å²) in [5, 5.41) is 4.48. The van der Waals surface area contributed by atoms with Gasteiger partial charge in [0.2, 0.25) is 0 Å². The second-order valence-corrected chi connectivity index (χ2v) is 14.7. The summed E-state index contributed by atoms with van der Waals surface area (Å²) in [5.41, 5.74) is 0. The van der Waals surface area contributed by atoms with Gasteiger partial charge in [-0.2, -0.15) is 0 Å². The van der Waals surface area contributed by atoms with Gasteiger partial charge in [0.1, 0.15) is 6.10 Å². The lowest BCUT2D eigenvalue weighted by Crippen LogP contribution is -2.27. The predicted molar refractivity (Wildman–Crippen MR) is 223 cm³/mol. The van der Waals surface area contributed by atoms with Gasteiger partial charge in [0.05, 0.1) is 0 Å². The number of unbranched alkanes of at least 4 members (excludes halogenated alkanes) is 18. The molecule has 0 aliphatic heterocycles. The lowest BCUT2D eigenvalue weighted by Gasteiger charge is -2.23. The molecule has 0 fully saturated rings. The van der Waals surface area contributed by atoms with Crippen LogP contribution in [0.4, 0.5) is 0 Å². The van der Waals surface area contributed by atoms with Crippen LogP contribution in [0.2, 0.25) is 0 Å². The normalized spacial score (nSPS) is 13.8. The minimum Gasteiger partial charge on any atom is -0.393 e. The van der Waals surface area contributed by atoms with Crippen LogP contribution < -0.4 is 0 Å². The maximum Gasteiger partial charge on any atom is 0.127 e. The first-order valence-corrected chi connectivity index (χ1v) is 21.6. The minimum atomic E-state index is 0.285. The summed E-state index contributed by atoms with van der Waals surface area (Å²) < 4.78 is 0. The quantitative estimate of drug-likeness (QED) is 0.0280. The molecule has 0 aromatic rings. The van der Waals surface area contributed by atoms with E-state index < -0.39 is 0 Å². The molecule has 49 heavy (non-hydrogen) atoms. The number of hydrogen-bond acceptors (Lipinski definition) is 3. The molecule has 286 valence electrons. The summed E-state index contributed by atoms with van der Waals surface area (Å²) in [5.74, 6) is 0. The van der Waals surface area contributed by atoms with E-state index in [0.717, 1.165) is 38.5 Å². The third kappa shape index (κ3) is 37.5. The Kier molecular flexibility index (Phi) is 39.5. The fourth-order valence-electron chi connectivity index (χ4n) is 6.41. The van der Waals surface area contributed by atoms with Crippen molar-refractivity contribution in [2.24, 2.45) is 5.16 Å². The van der Waals surface area contributed by atoms with Crippen LogP contribution >= 0.6 is 0 Å². The smallest absolute Gasteiger partial charge is 0.127 e. The summed E-state index contributed by atoms with van der Waals surface area (Å²) in [7, 11) is 4.40. The summed E-state index contributed by atoms with van der Waals surface area (Å²) >= 11 is 0. The first kappa shape index (κ1) is 47.4. The van der Waals surface area contributed by atoms with Gasteiger partial charge >= 0.3 is 0 Å². The molecular weight excluding hydrogens is 597 g/mol. The summed E-state index contributed by atoms with van der Waals surface area (Å²) in [4.78, 5) is 8.48. The minimum absolute atomic E-state index is 0.285. The number of rotatable bonds is 38. The summed E-state index contributed by atoms with van der Waals surface area (Å²) in [6.45, 7) is 6.82. The van der Waals surface area contributed by atoms with Crippen LogP contribution in [-0.4, -0.2) is 37.4 Å². The van der Waals surface area contributed by atoms with E-state index in [1.807, 2.05) is 6.21 Å². The molecule has 0 saturated carbocycles. The monoisotopic (exact) mass is 683 g/mol. The van der Waals surface area contributed by atoms with Crippen LogP contribution in [0.25, 0.3) is 0 Å². The lowest BCUT2D eigenvalue weighted by molar-refractivity contribution is 0.0436. The Morgan fingerprint density at radius 3 is 1.24 bits per heavy atom. The van der Waals surface area contributed by atoms with Gasteiger partial charge in [0, 0.05) is 12.3 Å².